The second-order valence-corrected chi connectivity index (χ2v) is 7.95. The predicted octanol–water partition coefficient (Wildman–Crippen LogP) is 2.10. The van der Waals surface area contributed by atoms with Gasteiger partial charge in [-0.3, -0.25) is 14.5 Å². The number of rotatable bonds is 8. The van der Waals surface area contributed by atoms with Crippen LogP contribution in [0.4, 0.5) is 0 Å². The van der Waals surface area contributed by atoms with E-state index in [0.717, 1.165) is 27.9 Å². The van der Waals surface area contributed by atoms with E-state index < -0.39 is 6.04 Å². The van der Waals surface area contributed by atoms with Crippen LogP contribution in [-0.4, -0.2) is 51.2 Å². The van der Waals surface area contributed by atoms with Gasteiger partial charge in [0.15, 0.2) is 0 Å². The number of hydrogen-bond acceptors (Lipinski definition) is 7. The molecule has 0 unspecified atom stereocenters. The van der Waals surface area contributed by atoms with Crippen LogP contribution in [0.25, 0.3) is 11.0 Å². The minimum atomic E-state index is -0.495. The van der Waals surface area contributed by atoms with Gasteiger partial charge in [-0.1, -0.05) is 18.2 Å². The third kappa shape index (κ3) is 5.36. The standard InChI is InChI=1S/C22H25N5O3S/c1-2-30-17-6-3-15(4-7-17)14-27-10-9-23-22(29)20(27)12-21(28)24-13-16-5-8-18-19(11-16)26-31-25-18/h3-8,11,20H,2,9-10,12-14H2,1H3,(H,23,29)(H,24,28)/t20-/m0/s1. The van der Waals surface area contributed by atoms with Crippen molar-refractivity contribution in [2.75, 3.05) is 19.7 Å². The summed E-state index contributed by atoms with van der Waals surface area (Å²) in [6, 6.07) is 13.1. The highest BCUT2D eigenvalue weighted by Gasteiger charge is 2.31. The summed E-state index contributed by atoms with van der Waals surface area (Å²) in [5, 5.41) is 5.80. The van der Waals surface area contributed by atoms with Crippen LogP contribution in [-0.2, 0) is 22.7 Å². The Hall–Kier alpha value is -3.04. The smallest absolute Gasteiger partial charge is 0.237 e. The van der Waals surface area contributed by atoms with E-state index in [1.807, 2.05) is 49.4 Å². The Morgan fingerprint density at radius 2 is 1.97 bits per heavy atom. The van der Waals surface area contributed by atoms with E-state index in [0.29, 0.717) is 32.8 Å². The molecule has 9 heteroatoms. The van der Waals surface area contributed by atoms with Crippen LogP contribution in [0.3, 0.4) is 0 Å². The summed E-state index contributed by atoms with van der Waals surface area (Å²) in [4.78, 5) is 27.1. The van der Waals surface area contributed by atoms with Crippen molar-refractivity contribution < 1.29 is 14.3 Å². The Balaban J connectivity index is 1.35. The summed E-state index contributed by atoms with van der Waals surface area (Å²) in [6.07, 6.45) is 0.114. The zero-order valence-corrected chi connectivity index (χ0v) is 18.2. The number of fused-ring (bicyclic) bond motifs is 1. The molecule has 0 bridgehead atoms. The molecule has 1 atom stereocenters. The second-order valence-electron chi connectivity index (χ2n) is 7.42. The van der Waals surface area contributed by atoms with Gasteiger partial charge in [0.1, 0.15) is 16.8 Å². The summed E-state index contributed by atoms with van der Waals surface area (Å²) in [7, 11) is 0. The number of carbonyl (C=O) groups is 2. The molecule has 2 N–H and O–H groups in total. The lowest BCUT2D eigenvalue weighted by molar-refractivity contribution is -0.134. The third-order valence-corrected chi connectivity index (χ3v) is 5.80. The maximum absolute atomic E-state index is 12.6. The van der Waals surface area contributed by atoms with Crippen molar-refractivity contribution in [3.8, 4) is 5.75 Å². The lowest BCUT2D eigenvalue weighted by Crippen LogP contribution is -2.56. The summed E-state index contributed by atoms with van der Waals surface area (Å²) in [5.41, 5.74) is 3.70. The van der Waals surface area contributed by atoms with Gasteiger partial charge in [0, 0.05) is 26.2 Å². The Labute approximate surface area is 184 Å². The number of piperazine rings is 1. The number of hydrogen-bond donors (Lipinski definition) is 2. The average Bonchev–Trinajstić information content (AvgIpc) is 3.24. The molecule has 2 amide bonds. The largest absolute Gasteiger partial charge is 0.494 e. The van der Waals surface area contributed by atoms with Crippen LogP contribution in [0.1, 0.15) is 24.5 Å². The minimum Gasteiger partial charge on any atom is -0.494 e. The number of benzene rings is 2. The first-order valence-corrected chi connectivity index (χ1v) is 11.1. The number of ether oxygens (including phenoxy) is 1. The molecular weight excluding hydrogens is 414 g/mol. The molecule has 3 aromatic rings. The molecule has 2 aromatic carbocycles. The molecule has 4 rings (SSSR count). The van der Waals surface area contributed by atoms with E-state index in [2.05, 4.69) is 24.3 Å². The van der Waals surface area contributed by atoms with Crippen molar-refractivity contribution in [2.45, 2.75) is 32.5 Å². The van der Waals surface area contributed by atoms with Crippen molar-refractivity contribution in [3.05, 3.63) is 53.6 Å². The molecule has 0 aliphatic carbocycles. The Morgan fingerprint density at radius 3 is 2.77 bits per heavy atom. The number of nitrogens with one attached hydrogen (secondary N) is 2. The van der Waals surface area contributed by atoms with Crippen molar-refractivity contribution in [1.29, 1.82) is 0 Å². The molecule has 0 saturated carbocycles. The van der Waals surface area contributed by atoms with Gasteiger partial charge >= 0.3 is 0 Å². The number of nitrogens with zero attached hydrogens (tertiary/aromatic N) is 3. The molecule has 162 valence electrons. The van der Waals surface area contributed by atoms with Gasteiger partial charge in [0.25, 0.3) is 0 Å². The van der Waals surface area contributed by atoms with Crippen molar-refractivity contribution >= 4 is 34.6 Å². The lowest BCUT2D eigenvalue weighted by Gasteiger charge is -2.34. The molecule has 0 radical (unpaired) electrons. The SMILES string of the molecule is CCOc1ccc(CN2CCNC(=O)[C@@H]2CC(=O)NCc2ccc3nsnc3c2)cc1. The van der Waals surface area contributed by atoms with E-state index in [4.69, 9.17) is 4.74 Å². The Morgan fingerprint density at radius 1 is 1.19 bits per heavy atom. The molecule has 1 fully saturated rings. The van der Waals surface area contributed by atoms with E-state index in [9.17, 15) is 9.59 Å². The third-order valence-electron chi connectivity index (χ3n) is 5.25. The zero-order valence-electron chi connectivity index (χ0n) is 17.3. The van der Waals surface area contributed by atoms with E-state index in [-0.39, 0.29) is 18.2 Å². The summed E-state index contributed by atoms with van der Waals surface area (Å²) in [6.45, 7) is 4.84. The van der Waals surface area contributed by atoms with Gasteiger partial charge in [-0.05, 0) is 42.3 Å². The second kappa shape index (κ2) is 9.84. The molecule has 8 nitrogen and oxygen atoms in total. The summed E-state index contributed by atoms with van der Waals surface area (Å²) < 4.78 is 13.9. The van der Waals surface area contributed by atoms with Gasteiger partial charge in [-0.15, -0.1) is 0 Å². The van der Waals surface area contributed by atoms with Crippen LogP contribution in [0.15, 0.2) is 42.5 Å². The molecular formula is C22H25N5O3S. The maximum Gasteiger partial charge on any atom is 0.237 e. The van der Waals surface area contributed by atoms with Crippen LogP contribution in [0, 0.1) is 0 Å². The number of amides is 2. The zero-order chi connectivity index (χ0) is 21.6. The predicted molar refractivity (Wildman–Crippen MR) is 119 cm³/mol. The highest BCUT2D eigenvalue weighted by Crippen LogP contribution is 2.18. The molecule has 1 saturated heterocycles. The van der Waals surface area contributed by atoms with Gasteiger partial charge in [0.2, 0.25) is 11.8 Å². The molecule has 0 spiro atoms. The van der Waals surface area contributed by atoms with Crippen LogP contribution in [0.5, 0.6) is 5.75 Å². The van der Waals surface area contributed by atoms with Gasteiger partial charge in [-0.25, -0.2) is 0 Å². The molecule has 31 heavy (non-hydrogen) atoms. The Kier molecular flexibility index (Phi) is 6.73. The Bertz CT molecular complexity index is 1050. The first kappa shape index (κ1) is 21.2. The van der Waals surface area contributed by atoms with Crippen molar-refractivity contribution in [1.82, 2.24) is 24.3 Å². The van der Waals surface area contributed by atoms with E-state index in [1.54, 1.807) is 0 Å². The topological polar surface area (TPSA) is 96.5 Å². The monoisotopic (exact) mass is 439 g/mol. The fraction of sp³-hybridized carbons (Fsp3) is 0.364. The lowest BCUT2D eigenvalue weighted by atomic mass is 10.1. The molecule has 2 heterocycles. The maximum atomic E-state index is 12.6. The number of aromatic nitrogens is 2. The fourth-order valence-electron chi connectivity index (χ4n) is 3.65. The summed E-state index contributed by atoms with van der Waals surface area (Å²) >= 11 is 1.17. The van der Waals surface area contributed by atoms with Crippen LogP contribution in [0.2, 0.25) is 0 Å². The van der Waals surface area contributed by atoms with Crippen molar-refractivity contribution in [3.63, 3.8) is 0 Å². The first-order valence-electron chi connectivity index (χ1n) is 10.3. The summed E-state index contributed by atoms with van der Waals surface area (Å²) in [5.74, 6) is 0.558. The highest BCUT2D eigenvalue weighted by atomic mass is 32.1. The first-order chi connectivity index (χ1) is 15.1. The van der Waals surface area contributed by atoms with E-state index in [1.165, 1.54) is 11.7 Å². The molecule has 1 aromatic heterocycles. The van der Waals surface area contributed by atoms with Gasteiger partial charge in [0.05, 0.1) is 30.8 Å². The van der Waals surface area contributed by atoms with Crippen LogP contribution < -0.4 is 15.4 Å². The highest BCUT2D eigenvalue weighted by molar-refractivity contribution is 7.00. The fourth-order valence-corrected chi connectivity index (χ4v) is 4.17. The van der Waals surface area contributed by atoms with Crippen molar-refractivity contribution in [2.24, 2.45) is 0 Å². The van der Waals surface area contributed by atoms with Gasteiger partial charge in [-0.2, -0.15) is 8.75 Å². The molecule has 1 aliphatic rings. The van der Waals surface area contributed by atoms with Gasteiger partial charge < -0.3 is 15.4 Å². The number of carbonyl (C=O) groups excluding carboxylic acids is 2. The quantitative estimate of drug-likeness (QED) is 0.558. The van der Waals surface area contributed by atoms with E-state index >= 15 is 0 Å². The molecule has 1 aliphatic heterocycles. The average molecular weight is 440 g/mol. The minimum absolute atomic E-state index is 0.109. The van der Waals surface area contributed by atoms with Crippen LogP contribution >= 0.6 is 11.7 Å². The normalized spacial score (nSPS) is 16.8.